The molecule has 0 aromatic heterocycles. The van der Waals surface area contributed by atoms with Gasteiger partial charge in [-0.1, -0.05) is 96.8 Å². The number of hydrogen-bond acceptors (Lipinski definition) is 2. The highest BCUT2D eigenvalue weighted by Crippen LogP contribution is 2.15. The van der Waals surface area contributed by atoms with Gasteiger partial charge in [0.25, 0.3) is 5.24 Å². The van der Waals surface area contributed by atoms with Crippen LogP contribution in [0.15, 0.2) is 24.3 Å². The zero-order chi connectivity index (χ0) is 19.6. The lowest BCUT2D eigenvalue weighted by molar-refractivity contribution is 0.108. The summed E-state index contributed by atoms with van der Waals surface area (Å²) in [5.74, 6) is 0.807. The predicted molar refractivity (Wildman–Crippen MR) is 117 cm³/mol. The number of halogens is 1. The molecular weight excluding hydrogens is 356 g/mol. The SMILES string of the molecule is CCCCCCCCCCCCCCCCCOc1ccc(C(=O)Cl)cc1. The lowest BCUT2D eigenvalue weighted by Crippen LogP contribution is -1.98. The van der Waals surface area contributed by atoms with E-state index >= 15 is 0 Å². The molecule has 0 fully saturated rings. The van der Waals surface area contributed by atoms with Crippen molar-refractivity contribution in [3.8, 4) is 5.75 Å². The quantitative estimate of drug-likeness (QED) is 0.185. The Balaban J connectivity index is 1.81. The Hall–Kier alpha value is -1.02. The summed E-state index contributed by atoms with van der Waals surface area (Å²) in [7, 11) is 0. The van der Waals surface area contributed by atoms with Gasteiger partial charge in [-0.15, -0.1) is 0 Å². The topological polar surface area (TPSA) is 26.3 Å². The minimum Gasteiger partial charge on any atom is -0.494 e. The van der Waals surface area contributed by atoms with Crippen LogP contribution in [0.3, 0.4) is 0 Å². The van der Waals surface area contributed by atoms with Gasteiger partial charge >= 0.3 is 0 Å². The van der Waals surface area contributed by atoms with Gasteiger partial charge in [-0.3, -0.25) is 4.79 Å². The molecule has 0 N–H and O–H groups in total. The third-order valence-electron chi connectivity index (χ3n) is 5.10. The molecule has 0 bridgehead atoms. The molecule has 2 nitrogen and oxygen atoms in total. The molecule has 0 unspecified atom stereocenters. The smallest absolute Gasteiger partial charge is 0.252 e. The Morgan fingerprint density at radius 2 is 1.11 bits per heavy atom. The van der Waals surface area contributed by atoms with E-state index in [0.29, 0.717) is 5.56 Å². The molecule has 1 rings (SSSR count). The lowest BCUT2D eigenvalue weighted by atomic mass is 10.0. The van der Waals surface area contributed by atoms with Crippen molar-refractivity contribution in [2.24, 2.45) is 0 Å². The number of benzene rings is 1. The highest BCUT2D eigenvalue weighted by molar-refractivity contribution is 6.67. The third-order valence-corrected chi connectivity index (χ3v) is 5.32. The first-order valence-electron chi connectivity index (χ1n) is 11.2. The summed E-state index contributed by atoms with van der Waals surface area (Å²) in [6.07, 6.45) is 20.6. The molecule has 3 heteroatoms. The summed E-state index contributed by atoms with van der Waals surface area (Å²) in [4.78, 5) is 11.0. The van der Waals surface area contributed by atoms with Gasteiger partial charge < -0.3 is 4.74 Å². The van der Waals surface area contributed by atoms with Crippen LogP contribution in [0.2, 0.25) is 0 Å². The summed E-state index contributed by atoms with van der Waals surface area (Å²) in [6.45, 7) is 3.02. The van der Waals surface area contributed by atoms with E-state index in [4.69, 9.17) is 16.3 Å². The predicted octanol–water partition coefficient (Wildman–Crippen LogP) is 8.32. The van der Waals surface area contributed by atoms with Gasteiger partial charge in [0.15, 0.2) is 0 Å². The fourth-order valence-corrected chi connectivity index (χ4v) is 3.47. The Labute approximate surface area is 172 Å². The number of unbranched alkanes of at least 4 members (excludes halogenated alkanes) is 14. The molecule has 27 heavy (non-hydrogen) atoms. The monoisotopic (exact) mass is 394 g/mol. The highest BCUT2D eigenvalue weighted by Gasteiger charge is 2.01. The Kier molecular flexibility index (Phi) is 15.2. The van der Waals surface area contributed by atoms with Crippen LogP contribution in [0.4, 0.5) is 0 Å². The molecule has 0 aliphatic carbocycles. The van der Waals surface area contributed by atoms with Crippen LogP contribution >= 0.6 is 11.6 Å². The van der Waals surface area contributed by atoms with Crippen LogP contribution in [0.5, 0.6) is 5.75 Å². The second kappa shape index (κ2) is 17.1. The molecule has 0 amide bonds. The molecule has 0 aliphatic rings. The van der Waals surface area contributed by atoms with E-state index in [9.17, 15) is 4.79 Å². The second-order valence-electron chi connectivity index (χ2n) is 7.60. The maximum Gasteiger partial charge on any atom is 0.252 e. The molecule has 0 atom stereocenters. The first-order valence-corrected chi connectivity index (χ1v) is 11.5. The van der Waals surface area contributed by atoms with E-state index < -0.39 is 5.24 Å². The molecule has 1 aromatic rings. The van der Waals surface area contributed by atoms with E-state index in [0.717, 1.165) is 18.8 Å². The molecule has 154 valence electrons. The van der Waals surface area contributed by atoms with Gasteiger partial charge in [0.05, 0.1) is 6.61 Å². The molecule has 0 aliphatic heterocycles. The molecule has 0 spiro atoms. The van der Waals surface area contributed by atoms with Crippen LogP contribution in [0.25, 0.3) is 0 Å². The molecule has 1 aromatic carbocycles. The Bertz CT molecular complexity index is 470. The van der Waals surface area contributed by atoms with Crippen LogP contribution in [0.1, 0.15) is 114 Å². The average molecular weight is 395 g/mol. The fourth-order valence-electron chi connectivity index (χ4n) is 3.35. The fraction of sp³-hybridized carbons (Fsp3) is 0.708. The van der Waals surface area contributed by atoms with E-state index in [2.05, 4.69) is 6.92 Å². The zero-order valence-corrected chi connectivity index (χ0v) is 18.1. The summed E-state index contributed by atoms with van der Waals surface area (Å²) in [5, 5.41) is -0.427. The lowest BCUT2D eigenvalue weighted by Gasteiger charge is -2.06. The number of hydrogen-bond donors (Lipinski definition) is 0. The normalized spacial score (nSPS) is 10.9. The van der Waals surface area contributed by atoms with Gasteiger partial charge in [-0.2, -0.15) is 0 Å². The van der Waals surface area contributed by atoms with Gasteiger partial charge in [0.1, 0.15) is 5.75 Å². The first kappa shape index (κ1) is 24.0. The second-order valence-corrected chi connectivity index (χ2v) is 7.94. The Morgan fingerprint density at radius 1 is 0.704 bits per heavy atom. The van der Waals surface area contributed by atoms with Crippen molar-refractivity contribution in [1.82, 2.24) is 0 Å². The van der Waals surface area contributed by atoms with Gasteiger partial charge in [0.2, 0.25) is 0 Å². The summed E-state index contributed by atoms with van der Waals surface area (Å²) in [6, 6.07) is 7.02. The summed E-state index contributed by atoms with van der Waals surface area (Å²) >= 11 is 5.43. The van der Waals surface area contributed by atoms with Crippen molar-refractivity contribution in [2.75, 3.05) is 6.61 Å². The largest absolute Gasteiger partial charge is 0.494 e. The summed E-state index contributed by atoms with van der Waals surface area (Å²) < 4.78 is 5.70. The van der Waals surface area contributed by atoms with E-state index in [1.54, 1.807) is 24.3 Å². The Morgan fingerprint density at radius 3 is 1.52 bits per heavy atom. The van der Waals surface area contributed by atoms with Crippen LogP contribution in [-0.2, 0) is 0 Å². The van der Waals surface area contributed by atoms with Gasteiger partial charge in [-0.05, 0) is 42.3 Å². The number of rotatable bonds is 18. The number of carbonyl (C=O) groups excluding carboxylic acids is 1. The zero-order valence-electron chi connectivity index (χ0n) is 17.3. The minimum absolute atomic E-state index is 0.427. The van der Waals surface area contributed by atoms with Crippen molar-refractivity contribution in [3.63, 3.8) is 0 Å². The van der Waals surface area contributed by atoms with Crippen LogP contribution in [0, 0.1) is 0 Å². The third kappa shape index (κ3) is 13.7. The van der Waals surface area contributed by atoms with Gasteiger partial charge in [0, 0.05) is 5.56 Å². The van der Waals surface area contributed by atoms with Crippen molar-refractivity contribution in [1.29, 1.82) is 0 Å². The maximum absolute atomic E-state index is 11.0. The molecular formula is C24H39ClO2. The van der Waals surface area contributed by atoms with Crippen molar-refractivity contribution < 1.29 is 9.53 Å². The first-order chi connectivity index (χ1) is 13.2. The minimum atomic E-state index is -0.427. The van der Waals surface area contributed by atoms with Gasteiger partial charge in [-0.25, -0.2) is 0 Å². The summed E-state index contributed by atoms with van der Waals surface area (Å²) in [5.41, 5.74) is 0.510. The van der Waals surface area contributed by atoms with Crippen LogP contribution < -0.4 is 4.74 Å². The van der Waals surface area contributed by atoms with Crippen molar-refractivity contribution in [2.45, 2.75) is 103 Å². The molecule has 0 heterocycles. The maximum atomic E-state index is 11.0. The number of ether oxygens (including phenoxy) is 1. The van der Waals surface area contributed by atoms with Crippen molar-refractivity contribution in [3.05, 3.63) is 29.8 Å². The average Bonchev–Trinajstić information content (AvgIpc) is 2.68. The van der Waals surface area contributed by atoms with E-state index in [1.807, 2.05) is 0 Å². The molecule has 0 saturated heterocycles. The number of carbonyl (C=O) groups is 1. The van der Waals surface area contributed by atoms with Crippen molar-refractivity contribution >= 4 is 16.8 Å². The molecule has 0 saturated carbocycles. The highest BCUT2D eigenvalue weighted by atomic mass is 35.5. The molecule has 0 radical (unpaired) electrons. The standard InChI is InChI=1S/C24H39ClO2/c1-2-3-4-5-6-7-8-9-10-11-12-13-14-15-16-21-27-23-19-17-22(18-20-23)24(25)26/h17-20H,2-16,21H2,1H3. The van der Waals surface area contributed by atoms with E-state index in [-0.39, 0.29) is 0 Å². The van der Waals surface area contributed by atoms with E-state index in [1.165, 1.54) is 89.9 Å². The van der Waals surface area contributed by atoms with Crippen LogP contribution in [-0.4, -0.2) is 11.8 Å².